The third kappa shape index (κ3) is 2.34. The van der Waals surface area contributed by atoms with Gasteiger partial charge in [0.15, 0.2) is 22.8 Å². The lowest BCUT2D eigenvalue weighted by Gasteiger charge is -2.24. The maximum absolute atomic E-state index is 12.5. The van der Waals surface area contributed by atoms with Crippen molar-refractivity contribution < 1.29 is 13.9 Å². The number of aromatic nitrogens is 4. The quantitative estimate of drug-likeness (QED) is 0.837. The minimum Gasteiger partial charge on any atom is -0.365 e. The average molecular weight is 368 g/mol. The van der Waals surface area contributed by atoms with E-state index in [-0.39, 0.29) is 30.1 Å². The molecule has 3 heterocycles. The molecule has 7 nitrogen and oxygen atoms in total. The van der Waals surface area contributed by atoms with Crippen molar-refractivity contribution in [2.45, 2.75) is 44.3 Å². The molecule has 3 aliphatic rings. The number of hydrogen-bond acceptors (Lipinski definition) is 6. The fraction of sp³-hybridized carbons (Fsp3) is 0.688. The van der Waals surface area contributed by atoms with Crippen LogP contribution in [0.5, 0.6) is 0 Å². The van der Waals surface area contributed by atoms with Crippen molar-refractivity contribution in [1.29, 1.82) is 0 Å². The third-order valence-corrected chi connectivity index (χ3v) is 5.52. The zero-order valence-corrected chi connectivity index (χ0v) is 14.7. The molecule has 0 unspecified atom stereocenters. The zero-order valence-electron chi connectivity index (χ0n) is 13.9. The number of halogens is 2. The number of imidazole rings is 1. The Kier molecular flexibility index (Phi) is 3.30. The number of fused-ring (bicyclic) bond motifs is 4. The summed E-state index contributed by atoms with van der Waals surface area (Å²) < 4.78 is 26.8. The molecule has 134 valence electrons. The molecule has 0 bridgehead atoms. The molecular formula is C16H19ClFN5O2. The standard InChI is InChI=1S/C16H19ClFN5O2/c1-16(2)24-11-8-5-7(8)10(12(11)25-16)23-6-20-9-13(19-4-3-18)21-15(17)22-14(9)23/h6-8,10-12H,3-5H2,1-2H3,(H,19,21,22)/t7-,8+,10+,11+,12-/m0/s1. The SMILES string of the molecule is CC1(C)O[C@@H]2[C@@H]3C[C@@H]3[C@@H](n3cnc4c(NCCF)nc(Cl)nc43)[C@@H]2O1. The van der Waals surface area contributed by atoms with Crippen LogP contribution in [0.25, 0.3) is 11.2 Å². The molecule has 2 aromatic rings. The Morgan fingerprint density at radius 1 is 1.32 bits per heavy atom. The van der Waals surface area contributed by atoms with Crippen molar-refractivity contribution in [2.24, 2.45) is 11.8 Å². The summed E-state index contributed by atoms with van der Waals surface area (Å²) in [5.74, 6) is 0.908. The van der Waals surface area contributed by atoms with Gasteiger partial charge in [0.05, 0.1) is 18.5 Å². The Balaban J connectivity index is 1.56. The highest BCUT2D eigenvalue weighted by Crippen LogP contribution is 2.63. The maximum atomic E-state index is 12.5. The van der Waals surface area contributed by atoms with Crippen LogP contribution in [0.4, 0.5) is 10.2 Å². The molecule has 0 aromatic carbocycles. The fourth-order valence-electron chi connectivity index (χ4n) is 4.42. The predicted molar refractivity (Wildman–Crippen MR) is 89.3 cm³/mol. The number of anilines is 1. The van der Waals surface area contributed by atoms with E-state index < -0.39 is 12.5 Å². The molecule has 25 heavy (non-hydrogen) atoms. The number of hydrogen-bond donors (Lipinski definition) is 1. The first-order valence-corrected chi connectivity index (χ1v) is 8.92. The van der Waals surface area contributed by atoms with E-state index in [1.807, 2.05) is 18.4 Å². The molecule has 2 aromatic heterocycles. The molecular weight excluding hydrogens is 349 g/mol. The Hall–Kier alpha value is -1.51. The van der Waals surface area contributed by atoms with Gasteiger partial charge in [0.1, 0.15) is 12.8 Å². The summed E-state index contributed by atoms with van der Waals surface area (Å²) in [7, 11) is 0. The van der Waals surface area contributed by atoms with Gasteiger partial charge in [-0.3, -0.25) is 0 Å². The molecule has 0 spiro atoms. The van der Waals surface area contributed by atoms with E-state index >= 15 is 0 Å². The van der Waals surface area contributed by atoms with Crippen molar-refractivity contribution in [3.8, 4) is 0 Å². The van der Waals surface area contributed by atoms with Gasteiger partial charge in [0.25, 0.3) is 0 Å². The molecule has 2 saturated carbocycles. The minimum absolute atomic E-state index is 0.0212. The summed E-state index contributed by atoms with van der Waals surface area (Å²) in [6.45, 7) is 3.55. The van der Waals surface area contributed by atoms with E-state index in [0.717, 1.165) is 6.42 Å². The Morgan fingerprint density at radius 2 is 2.12 bits per heavy atom. The van der Waals surface area contributed by atoms with E-state index in [0.29, 0.717) is 28.8 Å². The molecule has 1 N–H and O–H groups in total. The van der Waals surface area contributed by atoms with Gasteiger partial charge in [-0.1, -0.05) is 0 Å². The number of alkyl halides is 1. The van der Waals surface area contributed by atoms with Crippen LogP contribution >= 0.6 is 11.6 Å². The number of nitrogens with zero attached hydrogens (tertiary/aromatic N) is 4. The molecule has 0 radical (unpaired) electrons. The minimum atomic E-state index is -0.571. The van der Waals surface area contributed by atoms with Crippen LogP contribution in [0.15, 0.2) is 6.33 Å². The predicted octanol–water partition coefficient (Wildman–Crippen LogP) is 2.57. The molecule has 1 aliphatic heterocycles. The molecule has 2 aliphatic carbocycles. The largest absolute Gasteiger partial charge is 0.365 e. The maximum Gasteiger partial charge on any atom is 0.226 e. The highest BCUT2D eigenvalue weighted by atomic mass is 35.5. The second-order valence-electron chi connectivity index (χ2n) is 7.40. The highest BCUT2D eigenvalue weighted by Gasteiger charge is 2.66. The molecule has 1 saturated heterocycles. The first kappa shape index (κ1) is 15.7. The molecule has 3 fully saturated rings. The van der Waals surface area contributed by atoms with Gasteiger partial charge < -0.3 is 19.4 Å². The summed E-state index contributed by atoms with van der Waals surface area (Å²) in [4.78, 5) is 13.0. The second kappa shape index (κ2) is 5.25. The monoisotopic (exact) mass is 367 g/mol. The topological polar surface area (TPSA) is 74.1 Å². The van der Waals surface area contributed by atoms with Crippen molar-refractivity contribution >= 4 is 28.6 Å². The lowest BCUT2D eigenvalue weighted by molar-refractivity contribution is -0.156. The average Bonchev–Trinajstić information content (AvgIpc) is 2.98. The second-order valence-corrected chi connectivity index (χ2v) is 7.74. The van der Waals surface area contributed by atoms with Gasteiger partial charge in [-0.2, -0.15) is 9.97 Å². The van der Waals surface area contributed by atoms with Crippen LogP contribution < -0.4 is 5.32 Å². The van der Waals surface area contributed by atoms with Crippen LogP contribution in [0, 0.1) is 11.8 Å². The van der Waals surface area contributed by atoms with Crippen LogP contribution in [0.3, 0.4) is 0 Å². The molecule has 5 rings (SSSR count). The number of ether oxygens (including phenoxy) is 2. The third-order valence-electron chi connectivity index (χ3n) is 5.35. The van der Waals surface area contributed by atoms with Gasteiger partial charge >= 0.3 is 0 Å². The fourth-order valence-corrected chi connectivity index (χ4v) is 4.59. The van der Waals surface area contributed by atoms with E-state index in [9.17, 15) is 4.39 Å². The van der Waals surface area contributed by atoms with Crippen LogP contribution in [-0.2, 0) is 9.47 Å². The normalized spacial score (nSPS) is 35.0. The zero-order chi connectivity index (χ0) is 17.3. The van der Waals surface area contributed by atoms with E-state index in [1.165, 1.54) is 0 Å². The van der Waals surface area contributed by atoms with Crippen LogP contribution in [0.1, 0.15) is 26.3 Å². The molecule has 0 amide bonds. The van der Waals surface area contributed by atoms with Crippen molar-refractivity contribution in [1.82, 2.24) is 19.5 Å². The van der Waals surface area contributed by atoms with E-state index in [2.05, 4.69) is 20.3 Å². The summed E-state index contributed by atoms with van der Waals surface area (Å²) in [5.41, 5.74) is 1.24. The van der Waals surface area contributed by atoms with Gasteiger partial charge in [-0.25, -0.2) is 9.37 Å². The lowest BCUT2D eigenvalue weighted by atomic mass is 10.1. The van der Waals surface area contributed by atoms with Crippen molar-refractivity contribution in [3.05, 3.63) is 11.6 Å². The van der Waals surface area contributed by atoms with Gasteiger partial charge in [-0.15, -0.1) is 0 Å². The van der Waals surface area contributed by atoms with Crippen LogP contribution in [-0.4, -0.2) is 50.7 Å². The Morgan fingerprint density at radius 3 is 2.92 bits per heavy atom. The number of rotatable bonds is 4. The van der Waals surface area contributed by atoms with Gasteiger partial charge in [0, 0.05) is 6.54 Å². The van der Waals surface area contributed by atoms with Gasteiger partial charge in [0.2, 0.25) is 5.28 Å². The smallest absolute Gasteiger partial charge is 0.226 e. The summed E-state index contributed by atoms with van der Waals surface area (Å²) in [6.07, 6.45) is 2.97. The molecule has 9 heteroatoms. The van der Waals surface area contributed by atoms with Crippen LogP contribution in [0.2, 0.25) is 5.28 Å². The Labute approximate surface area is 148 Å². The van der Waals surface area contributed by atoms with E-state index in [1.54, 1.807) is 6.33 Å². The van der Waals surface area contributed by atoms with Crippen molar-refractivity contribution in [3.63, 3.8) is 0 Å². The summed E-state index contributed by atoms with van der Waals surface area (Å²) >= 11 is 6.09. The lowest BCUT2D eigenvalue weighted by Crippen LogP contribution is -2.30. The van der Waals surface area contributed by atoms with Crippen molar-refractivity contribution in [2.75, 3.05) is 18.5 Å². The summed E-state index contributed by atoms with van der Waals surface area (Å²) in [6, 6.07) is 0.113. The van der Waals surface area contributed by atoms with E-state index in [4.69, 9.17) is 21.1 Å². The first-order valence-electron chi connectivity index (χ1n) is 8.54. The highest BCUT2D eigenvalue weighted by molar-refractivity contribution is 6.28. The Bertz CT molecular complexity index is 843. The summed E-state index contributed by atoms with van der Waals surface area (Å²) in [5, 5.41) is 3.03. The molecule has 5 atom stereocenters. The van der Waals surface area contributed by atoms with Gasteiger partial charge in [-0.05, 0) is 43.7 Å². The number of nitrogens with one attached hydrogen (secondary N) is 1. The first-order chi connectivity index (χ1) is 12.0.